The van der Waals surface area contributed by atoms with Crippen LogP contribution in [0.15, 0.2) is 81.8 Å². The Morgan fingerprint density at radius 2 is 1.68 bits per heavy atom. The second kappa shape index (κ2) is 12.3. The summed E-state index contributed by atoms with van der Waals surface area (Å²) in [6, 6.07) is 18.0. The fourth-order valence-electron chi connectivity index (χ4n) is 5.48. The highest BCUT2D eigenvalue weighted by Gasteiger charge is 2.29. The van der Waals surface area contributed by atoms with Crippen LogP contribution in [-0.4, -0.2) is 56.9 Å². The van der Waals surface area contributed by atoms with Crippen LogP contribution in [0.3, 0.4) is 0 Å². The van der Waals surface area contributed by atoms with Crippen molar-refractivity contribution in [3.63, 3.8) is 0 Å². The Morgan fingerprint density at radius 3 is 2.32 bits per heavy atom. The van der Waals surface area contributed by atoms with E-state index in [2.05, 4.69) is 61.4 Å². The van der Waals surface area contributed by atoms with Crippen LogP contribution in [0.5, 0.6) is 0 Å². The molecule has 1 amide bonds. The number of anilines is 1. The smallest absolute Gasteiger partial charge is 0.283 e. The maximum Gasteiger partial charge on any atom is 0.283 e. The lowest BCUT2D eigenvalue weighted by molar-refractivity contribution is 0.0976. The third-order valence-corrected chi connectivity index (χ3v) is 9.93. The van der Waals surface area contributed by atoms with Crippen LogP contribution in [-0.2, 0) is 10.0 Å². The Balaban J connectivity index is 1.21. The van der Waals surface area contributed by atoms with Crippen molar-refractivity contribution in [1.29, 1.82) is 0 Å². The number of nitrogens with zero attached hydrogens (tertiary/aromatic N) is 3. The molecule has 7 nitrogen and oxygen atoms in total. The van der Waals surface area contributed by atoms with Gasteiger partial charge in [-0.25, -0.2) is 18.1 Å². The first-order valence-corrected chi connectivity index (χ1v) is 16.4. The number of sulfonamides is 1. The molecule has 41 heavy (non-hydrogen) atoms. The standard InChI is InChI=1S/C31H34BrClN4O3S/c1-31(2)14-13-23(28(19-31)22-3-6-25(33)7-4-22)21-36-15-17-37(18-16-36)26-8-10-27(11-9-26)41(39,40)35-30(38)29-12-5-24(32)20-34-29/h3-12,20H,13-19,21H2,1-2H3,(H,35,38). The molecule has 0 unspecified atom stereocenters. The van der Waals surface area contributed by atoms with Crippen LogP contribution >= 0.6 is 27.5 Å². The largest absolute Gasteiger partial charge is 0.369 e. The van der Waals surface area contributed by atoms with Crippen LogP contribution < -0.4 is 9.62 Å². The van der Waals surface area contributed by atoms with Crippen LogP contribution in [0.1, 0.15) is 49.2 Å². The normalized spacial score (nSPS) is 17.9. The molecule has 0 spiro atoms. The van der Waals surface area contributed by atoms with Gasteiger partial charge in [-0.3, -0.25) is 9.69 Å². The average molecular weight is 658 g/mol. The maximum absolute atomic E-state index is 12.8. The predicted molar refractivity (Wildman–Crippen MR) is 168 cm³/mol. The van der Waals surface area contributed by atoms with Gasteiger partial charge in [0.05, 0.1) is 4.90 Å². The lowest BCUT2D eigenvalue weighted by Gasteiger charge is -2.39. The van der Waals surface area contributed by atoms with Gasteiger partial charge in [0.25, 0.3) is 15.9 Å². The Hall–Kier alpha value is -2.72. The Bertz CT molecular complexity index is 1530. The van der Waals surface area contributed by atoms with E-state index < -0.39 is 15.9 Å². The molecule has 0 atom stereocenters. The van der Waals surface area contributed by atoms with Gasteiger partial charge in [-0.2, -0.15) is 0 Å². The molecular formula is C31H34BrClN4O3S. The summed E-state index contributed by atoms with van der Waals surface area (Å²) < 4.78 is 28.4. The number of amides is 1. The number of carbonyl (C=O) groups excluding carboxylic acids is 1. The van der Waals surface area contributed by atoms with Crippen molar-refractivity contribution in [1.82, 2.24) is 14.6 Å². The van der Waals surface area contributed by atoms with E-state index in [0.29, 0.717) is 4.47 Å². The molecule has 0 bridgehead atoms. The molecule has 216 valence electrons. The highest BCUT2D eigenvalue weighted by molar-refractivity contribution is 9.10. The number of allylic oxidation sites excluding steroid dienone is 1. The van der Waals surface area contributed by atoms with Crippen LogP contribution in [0.25, 0.3) is 5.57 Å². The molecule has 1 aromatic heterocycles. The van der Waals surface area contributed by atoms with Crippen molar-refractivity contribution in [3.8, 4) is 0 Å². The molecule has 1 aliphatic heterocycles. The predicted octanol–water partition coefficient (Wildman–Crippen LogP) is 6.40. The van der Waals surface area contributed by atoms with E-state index >= 15 is 0 Å². The first-order valence-electron chi connectivity index (χ1n) is 13.7. The van der Waals surface area contributed by atoms with Crippen molar-refractivity contribution in [2.45, 2.75) is 38.0 Å². The number of carbonyl (C=O) groups is 1. The highest BCUT2D eigenvalue weighted by Crippen LogP contribution is 2.43. The van der Waals surface area contributed by atoms with Gasteiger partial charge in [0.1, 0.15) is 5.69 Å². The third-order valence-electron chi connectivity index (χ3n) is 7.86. The molecule has 0 radical (unpaired) electrons. The monoisotopic (exact) mass is 656 g/mol. The minimum Gasteiger partial charge on any atom is -0.369 e. The molecule has 2 aromatic carbocycles. The van der Waals surface area contributed by atoms with Gasteiger partial charge in [0, 0.05) is 54.1 Å². The quantitative estimate of drug-likeness (QED) is 0.317. The van der Waals surface area contributed by atoms with Crippen molar-refractivity contribution in [2.75, 3.05) is 37.6 Å². The number of hydrogen-bond donors (Lipinski definition) is 1. The summed E-state index contributed by atoms with van der Waals surface area (Å²) in [4.78, 5) is 21.2. The molecule has 3 aromatic rings. The summed E-state index contributed by atoms with van der Waals surface area (Å²) in [5.41, 5.74) is 5.53. The zero-order valence-corrected chi connectivity index (χ0v) is 26.4. The lowest BCUT2D eigenvalue weighted by atomic mass is 9.72. The summed E-state index contributed by atoms with van der Waals surface area (Å²) in [5, 5.41) is 0.760. The molecule has 5 rings (SSSR count). The number of nitrogens with one attached hydrogen (secondary N) is 1. The van der Waals surface area contributed by atoms with Gasteiger partial charge in [0.15, 0.2) is 0 Å². The van der Waals surface area contributed by atoms with E-state index in [1.54, 1.807) is 30.3 Å². The number of aromatic nitrogens is 1. The molecule has 1 aliphatic carbocycles. The van der Waals surface area contributed by atoms with Gasteiger partial charge in [0.2, 0.25) is 0 Å². The van der Waals surface area contributed by atoms with E-state index in [1.807, 2.05) is 12.1 Å². The van der Waals surface area contributed by atoms with Gasteiger partial charge in [-0.05, 0) is 100 Å². The second-order valence-corrected chi connectivity index (χ2v) is 14.5. The van der Waals surface area contributed by atoms with Crippen LogP contribution in [0.4, 0.5) is 5.69 Å². The summed E-state index contributed by atoms with van der Waals surface area (Å²) >= 11 is 9.41. The number of pyridine rings is 1. The SMILES string of the molecule is CC1(C)CCC(CN2CCN(c3ccc(S(=O)(=O)NC(=O)c4ccc(Br)cn4)cc3)CC2)=C(c2ccc(Cl)cc2)C1. The average Bonchev–Trinajstić information content (AvgIpc) is 2.95. The molecule has 1 saturated heterocycles. The summed E-state index contributed by atoms with van der Waals surface area (Å²) in [6.45, 7) is 9.23. The number of benzene rings is 2. The van der Waals surface area contributed by atoms with Gasteiger partial charge < -0.3 is 4.90 Å². The number of rotatable bonds is 7. The third kappa shape index (κ3) is 7.38. The molecule has 1 N–H and O–H groups in total. The number of hydrogen-bond acceptors (Lipinski definition) is 6. The van der Waals surface area contributed by atoms with Crippen molar-refractivity contribution in [2.24, 2.45) is 5.41 Å². The Morgan fingerprint density at radius 1 is 1.00 bits per heavy atom. The molecular weight excluding hydrogens is 624 g/mol. The zero-order valence-electron chi connectivity index (χ0n) is 23.2. The van der Waals surface area contributed by atoms with Crippen molar-refractivity contribution >= 4 is 54.7 Å². The minimum absolute atomic E-state index is 0.0271. The maximum atomic E-state index is 12.8. The highest BCUT2D eigenvalue weighted by atomic mass is 79.9. The molecule has 2 heterocycles. The topological polar surface area (TPSA) is 82.6 Å². The summed E-state index contributed by atoms with van der Waals surface area (Å²) in [5.74, 6) is -0.770. The molecule has 1 fully saturated rings. The summed E-state index contributed by atoms with van der Waals surface area (Å²) in [7, 11) is -4.02. The van der Waals surface area contributed by atoms with E-state index in [9.17, 15) is 13.2 Å². The van der Waals surface area contributed by atoms with E-state index in [1.165, 1.54) is 35.4 Å². The summed E-state index contributed by atoms with van der Waals surface area (Å²) in [6.07, 6.45) is 4.81. The number of halogens is 2. The minimum atomic E-state index is -4.02. The first-order chi connectivity index (χ1) is 19.5. The van der Waals surface area contributed by atoms with Crippen LogP contribution in [0.2, 0.25) is 5.02 Å². The fourth-order valence-corrected chi connectivity index (χ4v) is 6.80. The van der Waals surface area contributed by atoms with Gasteiger partial charge in [-0.1, -0.05) is 43.2 Å². The fraction of sp³-hybridized carbons (Fsp3) is 0.355. The second-order valence-electron chi connectivity index (χ2n) is 11.5. The van der Waals surface area contributed by atoms with E-state index in [-0.39, 0.29) is 16.0 Å². The van der Waals surface area contributed by atoms with Crippen molar-refractivity contribution in [3.05, 3.63) is 93.2 Å². The Labute approximate surface area is 255 Å². The van der Waals surface area contributed by atoms with Crippen molar-refractivity contribution < 1.29 is 13.2 Å². The van der Waals surface area contributed by atoms with E-state index in [0.717, 1.165) is 56.3 Å². The Kier molecular flexibility index (Phi) is 8.90. The van der Waals surface area contributed by atoms with E-state index in [4.69, 9.17) is 11.6 Å². The molecule has 2 aliphatic rings. The van der Waals surface area contributed by atoms with Gasteiger partial charge >= 0.3 is 0 Å². The van der Waals surface area contributed by atoms with Gasteiger partial charge in [-0.15, -0.1) is 0 Å². The molecule has 10 heteroatoms. The molecule has 0 saturated carbocycles. The number of piperazine rings is 1. The first kappa shape index (κ1) is 29.8. The zero-order chi connectivity index (χ0) is 29.2. The van der Waals surface area contributed by atoms with Crippen LogP contribution in [0, 0.1) is 5.41 Å². The lowest BCUT2D eigenvalue weighted by Crippen LogP contribution is -2.47.